The van der Waals surface area contributed by atoms with E-state index in [0.29, 0.717) is 0 Å². The Labute approximate surface area is 106 Å². The van der Waals surface area contributed by atoms with E-state index in [0.717, 1.165) is 6.07 Å². The zero-order valence-electron chi connectivity index (χ0n) is 9.18. The number of ether oxygens (including phenoxy) is 1. The summed E-state index contributed by atoms with van der Waals surface area (Å²) in [4.78, 5) is 31.6. The van der Waals surface area contributed by atoms with Gasteiger partial charge in [-0.05, 0) is 6.07 Å². The van der Waals surface area contributed by atoms with Crippen molar-refractivity contribution in [3.63, 3.8) is 0 Å². The number of benzene rings is 1. The molecule has 8 heteroatoms. The van der Waals surface area contributed by atoms with Gasteiger partial charge in [-0.25, -0.2) is 4.79 Å². The topological polar surface area (TPSA) is 107 Å². The van der Waals surface area contributed by atoms with Crippen molar-refractivity contribution in [1.82, 2.24) is 0 Å². The van der Waals surface area contributed by atoms with E-state index < -0.39 is 28.8 Å². The van der Waals surface area contributed by atoms with Gasteiger partial charge in [0.1, 0.15) is 5.75 Å². The minimum Gasteiger partial charge on any atom is -0.495 e. The van der Waals surface area contributed by atoms with Gasteiger partial charge in [0.2, 0.25) is 5.78 Å². The second-order valence-electron chi connectivity index (χ2n) is 3.24. The number of carbonyl (C=O) groups is 2. The summed E-state index contributed by atoms with van der Waals surface area (Å²) in [7, 11) is 1.30. The molecule has 7 nitrogen and oxygen atoms in total. The molecule has 0 saturated heterocycles. The molecule has 1 rings (SSSR count). The molecule has 0 amide bonds. The zero-order chi connectivity index (χ0) is 13.9. The number of hydrogen-bond acceptors (Lipinski definition) is 5. The molecular weight excluding hydrogens is 266 g/mol. The lowest BCUT2D eigenvalue weighted by Gasteiger charge is -2.08. The molecule has 0 unspecified atom stereocenters. The third-order valence-electron chi connectivity index (χ3n) is 2.18. The number of ketones is 1. The molecule has 0 atom stereocenters. The van der Waals surface area contributed by atoms with Crippen LogP contribution in [0.15, 0.2) is 12.1 Å². The third kappa shape index (κ3) is 2.75. The summed E-state index contributed by atoms with van der Waals surface area (Å²) in [5.41, 5.74) is -0.594. The number of nitro groups is 1. The highest BCUT2D eigenvalue weighted by Gasteiger charge is 2.25. The van der Waals surface area contributed by atoms with Crippen LogP contribution in [-0.4, -0.2) is 28.9 Å². The van der Waals surface area contributed by atoms with Gasteiger partial charge in [0, 0.05) is 6.07 Å². The molecule has 0 radical (unpaired) electrons. The fraction of sp³-hybridized carbons (Fsp3) is 0.200. The van der Waals surface area contributed by atoms with E-state index in [1.54, 1.807) is 0 Å². The average Bonchev–Trinajstić information content (AvgIpc) is 2.30. The monoisotopic (exact) mass is 273 g/mol. The number of nitrogens with zero attached hydrogens (tertiary/aromatic N) is 1. The molecule has 1 N–H and O–H groups in total. The first-order chi connectivity index (χ1) is 8.38. The number of carbonyl (C=O) groups excluding carboxylic acids is 1. The fourth-order valence-electron chi connectivity index (χ4n) is 1.32. The van der Waals surface area contributed by atoms with Crippen molar-refractivity contribution in [1.29, 1.82) is 0 Å². The maximum Gasteiger partial charge on any atom is 0.372 e. The maximum atomic E-state index is 11.1. The molecule has 0 aliphatic rings. The number of carboxylic acid groups (broad SMARTS) is 1. The van der Waals surface area contributed by atoms with Gasteiger partial charge in [-0.3, -0.25) is 14.9 Å². The van der Waals surface area contributed by atoms with E-state index in [-0.39, 0.29) is 16.3 Å². The SMILES string of the molecule is COc1ccc([N+](=O)[O-])c(CC(=O)C(=O)O)c1Cl. The van der Waals surface area contributed by atoms with E-state index in [1.165, 1.54) is 13.2 Å². The van der Waals surface area contributed by atoms with Crippen LogP contribution in [0.5, 0.6) is 5.75 Å². The molecule has 0 fully saturated rings. The lowest BCUT2D eigenvalue weighted by atomic mass is 10.1. The highest BCUT2D eigenvalue weighted by Crippen LogP contribution is 2.34. The number of rotatable bonds is 5. The van der Waals surface area contributed by atoms with E-state index in [4.69, 9.17) is 21.4 Å². The Morgan fingerprint density at radius 2 is 2.11 bits per heavy atom. The molecule has 0 saturated carbocycles. The van der Waals surface area contributed by atoms with Crippen LogP contribution in [0.1, 0.15) is 5.56 Å². The molecule has 1 aromatic carbocycles. The minimum atomic E-state index is -1.68. The second kappa shape index (κ2) is 5.46. The lowest BCUT2D eigenvalue weighted by molar-refractivity contribution is -0.385. The molecule has 0 heterocycles. The molecule has 18 heavy (non-hydrogen) atoms. The van der Waals surface area contributed by atoms with Gasteiger partial charge < -0.3 is 9.84 Å². The smallest absolute Gasteiger partial charge is 0.372 e. The zero-order valence-corrected chi connectivity index (χ0v) is 9.93. The Kier molecular flexibility index (Phi) is 4.22. The van der Waals surface area contributed by atoms with Gasteiger partial charge in [0.05, 0.1) is 29.0 Å². The Morgan fingerprint density at radius 3 is 2.56 bits per heavy atom. The van der Waals surface area contributed by atoms with Crippen LogP contribution in [0.25, 0.3) is 0 Å². The van der Waals surface area contributed by atoms with Crippen molar-refractivity contribution < 1.29 is 24.4 Å². The number of methoxy groups -OCH3 is 1. The molecule has 1 aromatic rings. The van der Waals surface area contributed by atoms with Crippen LogP contribution in [-0.2, 0) is 16.0 Å². The molecule has 0 bridgehead atoms. The van der Waals surface area contributed by atoms with Crippen LogP contribution in [0.2, 0.25) is 5.02 Å². The minimum absolute atomic E-state index is 0.135. The summed E-state index contributed by atoms with van der Waals surface area (Å²) < 4.78 is 4.85. The second-order valence-corrected chi connectivity index (χ2v) is 3.62. The van der Waals surface area contributed by atoms with Crippen LogP contribution < -0.4 is 4.74 Å². The van der Waals surface area contributed by atoms with Crippen molar-refractivity contribution in [2.24, 2.45) is 0 Å². The van der Waals surface area contributed by atoms with Crippen molar-refractivity contribution in [3.05, 3.63) is 32.8 Å². The summed E-state index contributed by atoms with van der Waals surface area (Å²) in [6.45, 7) is 0. The van der Waals surface area contributed by atoms with Gasteiger partial charge in [-0.2, -0.15) is 0 Å². The van der Waals surface area contributed by atoms with Gasteiger partial charge in [0.25, 0.3) is 5.69 Å². The highest BCUT2D eigenvalue weighted by atomic mass is 35.5. The van der Waals surface area contributed by atoms with Gasteiger partial charge in [-0.1, -0.05) is 11.6 Å². The highest BCUT2D eigenvalue weighted by molar-refractivity contribution is 6.36. The summed E-state index contributed by atoms with van der Waals surface area (Å²) in [5.74, 6) is -2.73. The number of halogens is 1. The van der Waals surface area contributed by atoms with E-state index in [9.17, 15) is 19.7 Å². The van der Waals surface area contributed by atoms with Crippen LogP contribution in [0.3, 0.4) is 0 Å². The predicted molar refractivity (Wildman–Crippen MR) is 61.0 cm³/mol. The Morgan fingerprint density at radius 1 is 1.50 bits per heavy atom. The molecule has 0 aromatic heterocycles. The number of nitro benzene ring substituents is 1. The van der Waals surface area contributed by atoms with Gasteiger partial charge in [0.15, 0.2) is 0 Å². The lowest BCUT2D eigenvalue weighted by Crippen LogP contribution is -2.16. The number of carboxylic acids is 1. The van der Waals surface area contributed by atoms with Crippen LogP contribution in [0, 0.1) is 10.1 Å². The first-order valence-corrected chi connectivity index (χ1v) is 5.02. The van der Waals surface area contributed by atoms with Gasteiger partial charge >= 0.3 is 5.97 Å². The molecular formula is C10H8ClNO6. The number of hydrogen-bond donors (Lipinski definition) is 1. The summed E-state index contributed by atoms with van der Waals surface area (Å²) >= 11 is 5.83. The van der Waals surface area contributed by atoms with Crippen LogP contribution >= 0.6 is 11.6 Å². The largest absolute Gasteiger partial charge is 0.495 e. The molecule has 0 spiro atoms. The normalized spacial score (nSPS) is 9.89. The maximum absolute atomic E-state index is 11.1. The molecule has 0 aliphatic heterocycles. The number of Topliss-reactive ketones (excluding diaryl/α,β-unsaturated/α-hetero) is 1. The summed E-state index contributed by atoms with van der Waals surface area (Å²) in [6.07, 6.45) is -0.665. The predicted octanol–water partition coefficient (Wildman–Crippen LogP) is 1.45. The van der Waals surface area contributed by atoms with E-state index in [1.807, 2.05) is 0 Å². The Bertz CT molecular complexity index is 527. The van der Waals surface area contributed by atoms with Crippen molar-refractivity contribution in [3.8, 4) is 5.75 Å². The fourth-order valence-corrected chi connectivity index (χ4v) is 1.63. The third-order valence-corrected chi connectivity index (χ3v) is 2.59. The van der Waals surface area contributed by atoms with Crippen molar-refractivity contribution >= 4 is 29.0 Å². The van der Waals surface area contributed by atoms with Gasteiger partial charge in [-0.15, -0.1) is 0 Å². The Hall–Kier alpha value is -2.15. The summed E-state index contributed by atoms with van der Waals surface area (Å²) in [6, 6.07) is 2.38. The van der Waals surface area contributed by atoms with Crippen molar-refractivity contribution in [2.75, 3.05) is 7.11 Å². The molecule has 0 aliphatic carbocycles. The standard InChI is InChI=1S/C10H8ClNO6/c1-18-8-3-2-6(12(16)17)5(9(8)11)4-7(13)10(14)15/h2-3H,4H2,1H3,(H,14,15). The average molecular weight is 274 g/mol. The first-order valence-electron chi connectivity index (χ1n) is 4.64. The van der Waals surface area contributed by atoms with Crippen molar-refractivity contribution in [2.45, 2.75) is 6.42 Å². The Balaban J connectivity index is 3.32. The quantitative estimate of drug-likeness (QED) is 0.494. The van der Waals surface area contributed by atoms with E-state index >= 15 is 0 Å². The molecule has 96 valence electrons. The van der Waals surface area contributed by atoms with Crippen LogP contribution in [0.4, 0.5) is 5.69 Å². The first kappa shape index (κ1) is 13.9. The number of aliphatic carboxylic acids is 1. The van der Waals surface area contributed by atoms with E-state index in [2.05, 4.69) is 0 Å². The summed E-state index contributed by atoms with van der Waals surface area (Å²) in [5, 5.41) is 19.1.